The zero-order chi connectivity index (χ0) is 13.4. The van der Waals surface area contributed by atoms with Crippen LogP contribution in [-0.2, 0) is 0 Å². The van der Waals surface area contributed by atoms with Gasteiger partial charge >= 0.3 is 0 Å². The summed E-state index contributed by atoms with van der Waals surface area (Å²) in [6.45, 7) is 9.77. The third-order valence-corrected chi connectivity index (χ3v) is 4.00. The lowest BCUT2D eigenvalue weighted by Crippen LogP contribution is -2.33. The highest BCUT2D eigenvalue weighted by Gasteiger charge is 2.10. The molecule has 0 aliphatic heterocycles. The van der Waals surface area contributed by atoms with E-state index in [4.69, 9.17) is 0 Å². The standard InChI is InChI=1S/C14H24N2OS/c1-4-16(5-2)10-6-8-12(3)15-14(17)13-9-7-11-18-13/h7,9,11-12H,4-6,8,10H2,1-3H3,(H,15,17). The predicted octanol–water partition coefficient (Wildman–Crippen LogP) is 2.99. The van der Waals surface area contributed by atoms with Gasteiger partial charge in [0, 0.05) is 6.04 Å². The Hall–Kier alpha value is -0.870. The van der Waals surface area contributed by atoms with Crippen LogP contribution in [0.15, 0.2) is 17.5 Å². The van der Waals surface area contributed by atoms with E-state index in [2.05, 4.69) is 31.0 Å². The third kappa shape index (κ3) is 5.19. The molecule has 1 N–H and O–H groups in total. The highest BCUT2D eigenvalue weighted by molar-refractivity contribution is 7.12. The van der Waals surface area contributed by atoms with Crippen molar-refractivity contribution in [2.75, 3.05) is 19.6 Å². The van der Waals surface area contributed by atoms with Crippen LogP contribution in [0.2, 0.25) is 0 Å². The summed E-state index contributed by atoms with van der Waals surface area (Å²) in [6, 6.07) is 4.02. The van der Waals surface area contributed by atoms with Crippen molar-refractivity contribution < 1.29 is 4.79 Å². The number of thiophene rings is 1. The normalized spacial score (nSPS) is 12.7. The molecule has 0 aliphatic rings. The molecule has 0 spiro atoms. The Morgan fingerprint density at radius 3 is 2.72 bits per heavy atom. The summed E-state index contributed by atoms with van der Waals surface area (Å²) in [5.41, 5.74) is 0. The van der Waals surface area contributed by atoms with E-state index >= 15 is 0 Å². The average molecular weight is 268 g/mol. The molecule has 4 heteroatoms. The zero-order valence-electron chi connectivity index (χ0n) is 11.6. The second-order valence-corrected chi connectivity index (χ2v) is 5.47. The van der Waals surface area contributed by atoms with Crippen LogP contribution in [0.4, 0.5) is 0 Å². The Kier molecular flexibility index (Phi) is 6.98. The van der Waals surface area contributed by atoms with Gasteiger partial charge in [-0.2, -0.15) is 0 Å². The second kappa shape index (κ2) is 8.27. The van der Waals surface area contributed by atoms with Crippen LogP contribution in [0.5, 0.6) is 0 Å². The number of hydrogen-bond donors (Lipinski definition) is 1. The van der Waals surface area contributed by atoms with Crippen molar-refractivity contribution in [1.29, 1.82) is 0 Å². The van der Waals surface area contributed by atoms with Crippen molar-refractivity contribution in [2.24, 2.45) is 0 Å². The predicted molar refractivity (Wildman–Crippen MR) is 78.3 cm³/mol. The quantitative estimate of drug-likeness (QED) is 0.786. The van der Waals surface area contributed by atoms with Gasteiger partial charge in [-0.1, -0.05) is 19.9 Å². The molecule has 0 radical (unpaired) electrons. The Labute approximate surface area is 114 Å². The molecule has 1 amide bonds. The number of carbonyl (C=O) groups is 1. The van der Waals surface area contributed by atoms with Crippen molar-refractivity contribution in [1.82, 2.24) is 10.2 Å². The number of carbonyl (C=O) groups excluding carboxylic acids is 1. The number of nitrogens with zero attached hydrogens (tertiary/aromatic N) is 1. The van der Waals surface area contributed by atoms with Gasteiger partial charge in [0.15, 0.2) is 0 Å². The maximum absolute atomic E-state index is 11.8. The monoisotopic (exact) mass is 268 g/mol. The maximum Gasteiger partial charge on any atom is 0.261 e. The molecule has 3 nitrogen and oxygen atoms in total. The molecule has 0 aromatic carbocycles. The smallest absolute Gasteiger partial charge is 0.261 e. The van der Waals surface area contributed by atoms with Gasteiger partial charge in [0.1, 0.15) is 0 Å². The molecule has 1 heterocycles. The lowest BCUT2D eigenvalue weighted by molar-refractivity contribution is 0.0941. The number of hydrogen-bond acceptors (Lipinski definition) is 3. The minimum absolute atomic E-state index is 0.0559. The van der Waals surface area contributed by atoms with E-state index in [1.54, 1.807) is 0 Å². The molecule has 18 heavy (non-hydrogen) atoms. The Morgan fingerprint density at radius 2 is 2.17 bits per heavy atom. The van der Waals surface area contributed by atoms with Crippen LogP contribution < -0.4 is 5.32 Å². The molecule has 1 atom stereocenters. The van der Waals surface area contributed by atoms with Crippen LogP contribution in [-0.4, -0.2) is 36.5 Å². The SMILES string of the molecule is CCN(CC)CCCC(C)NC(=O)c1cccs1. The molecule has 0 saturated carbocycles. The fraction of sp³-hybridized carbons (Fsp3) is 0.643. The number of amides is 1. The van der Waals surface area contributed by atoms with Gasteiger partial charge in [-0.05, 0) is 50.8 Å². The topological polar surface area (TPSA) is 32.3 Å². The van der Waals surface area contributed by atoms with Gasteiger partial charge in [-0.15, -0.1) is 11.3 Å². The van der Waals surface area contributed by atoms with Crippen LogP contribution >= 0.6 is 11.3 Å². The molecule has 0 fully saturated rings. The van der Waals surface area contributed by atoms with E-state index in [1.165, 1.54) is 11.3 Å². The lowest BCUT2D eigenvalue weighted by atomic mass is 10.1. The van der Waals surface area contributed by atoms with E-state index in [-0.39, 0.29) is 11.9 Å². The first-order valence-electron chi connectivity index (χ1n) is 6.74. The first-order valence-corrected chi connectivity index (χ1v) is 7.62. The van der Waals surface area contributed by atoms with Crippen molar-refractivity contribution in [3.63, 3.8) is 0 Å². The van der Waals surface area contributed by atoms with E-state index < -0.39 is 0 Å². The molecular weight excluding hydrogens is 244 g/mol. The van der Waals surface area contributed by atoms with Gasteiger partial charge in [0.25, 0.3) is 5.91 Å². The number of rotatable bonds is 8. The summed E-state index contributed by atoms with van der Waals surface area (Å²) in [6.07, 6.45) is 2.17. The Morgan fingerprint density at radius 1 is 1.44 bits per heavy atom. The second-order valence-electron chi connectivity index (χ2n) is 4.52. The Balaban J connectivity index is 2.21. The third-order valence-electron chi connectivity index (χ3n) is 3.13. The van der Waals surface area contributed by atoms with Gasteiger partial charge in [-0.25, -0.2) is 0 Å². The van der Waals surface area contributed by atoms with Crippen molar-refractivity contribution in [2.45, 2.75) is 39.7 Å². The highest BCUT2D eigenvalue weighted by atomic mass is 32.1. The van der Waals surface area contributed by atoms with Crippen LogP contribution in [0, 0.1) is 0 Å². The van der Waals surface area contributed by atoms with Crippen molar-refractivity contribution in [3.05, 3.63) is 22.4 Å². The molecule has 0 aliphatic carbocycles. The van der Waals surface area contributed by atoms with E-state index in [0.717, 1.165) is 37.4 Å². The minimum Gasteiger partial charge on any atom is -0.349 e. The van der Waals surface area contributed by atoms with E-state index in [9.17, 15) is 4.79 Å². The molecule has 0 saturated heterocycles. The van der Waals surface area contributed by atoms with Gasteiger partial charge in [-0.3, -0.25) is 4.79 Å². The summed E-state index contributed by atoms with van der Waals surface area (Å²) in [4.78, 5) is 15.0. The molecule has 0 bridgehead atoms. The van der Waals surface area contributed by atoms with Crippen molar-refractivity contribution in [3.8, 4) is 0 Å². The van der Waals surface area contributed by atoms with Crippen molar-refractivity contribution >= 4 is 17.2 Å². The summed E-state index contributed by atoms with van der Waals surface area (Å²) < 4.78 is 0. The summed E-state index contributed by atoms with van der Waals surface area (Å²) >= 11 is 1.49. The van der Waals surface area contributed by atoms with Crippen LogP contribution in [0.3, 0.4) is 0 Å². The van der Waals surface area contributed by atoms with Crippen LogP contribution in [0.1, 0.15) is 43.3 Å². The average Bonchev–Trinajstić information content (AvgIpc) is 2.88. The zero-order valence-corrected chi connectivity index (χ0v) is 12.4. The largest absolute Gasteiger partial charge is 0.349 e. The van der Waals surface area contributed by atoms with E-state index in [1.807, 2.05) is 17.5 Å². The van der Waals surface area contributed by atoms with Gasteiger partial charge in [0.2, 0.25) is 0 Å². The fourth-order valence-corrected chi connectivity index (χ4v) is 2.56. The van der Waals surface area contributed by atoms with Crippen LogP contribution in [0.25, 0.3) is 0 Å². The summed E-state index contributed by atoms with van der Waals surface area (Å²) in [7, 11) is 0. The molecule has 102 valence electrons. The molecule has 1 rings (SSSR count). The molecule has 1 aromatic rings. The lowest BCUT2D eigenvalue weighted by Gasteiger charge is -2.19. The first kappa shape index (κ1) is 15.2. The summed E-state index contributed by atoms with van der Waals surface area (Å²) in [5, 5.41) is 4.98. The molecule has 1 unspecified atom stereocenters. The molecular formula is C14H24N2OS. The maximum atomic E-state index is 11.8. The highest BCUT2D eigenvalue weighted by Crippen LogP contribution is 2.09. The Bertz CT molecular complexity index is 334. The summed E-state index contributed by atoms with van der Waals surface area (Å²) in [5.74, 6) is 0.0559. The first-order chi connectivity index (χ1) is 8.67. The van der Waals surface area contributed by atoms with E-state index in [0.29, 0.717) is 0 Å². The van der Waals surface area contributed by atoms with Gasteiger partial charge < -0.3 is 10.2 Å². The minimum atomic E-state index is 0.0559. The fourth-order valence-electron chi connectivity index (χ4n) is 1.94. The van der Waals surface area contributed by atoms with Gasteiger partial charge in [0.05, 0.1) is 4.88 Å². The molecule has 1 aromatic heterocycles. The number of nitrogens with one attached hydrogen (secondary N) is 1.